The number of carbonyl (C=O) groups excluding carboxylic acids is 3. The predicted molar refractivity (Wildman–Crippen MR) is 176 cm³/mol. The number of nitrogens with zero attached hydrogens (tertiary/aromatic N) is 3. The highest BCUT2D eigenvalue weighted by Gasteiger charge is 2.74. The second-order valence-corrected chi connectivity index (χ2v) is 14.2. The number of hydrogen-bond acceptors (Lipinski definition) is 6. The minimum Gasteiger partial charge on any atom is -0.494 e. The maximum absolute atomic E-state index is 14.7. The Hall–Kier alpha value is -2.78. The number of unbranched alkanes of at least 4 members (excludes halogenated alkanes) is 2. The standard InChI is InChI=1S/C35H49N3O5S/c1-4-21-36(26-15-17-27(18-16-26)43-6-3)32(40)29-28-19-20-35(44-28)30(29)33(41)38(23-11-8-12-24-39)31(35)34(42)37(22-5-2)25-13-9-7-10-14-25/h4-5,15-18,25,28-31,39H,1-2,6-14,19-24H2,3H3/t28-,29+,30+,31?,35?/m1/s1. The Morgan fingerprint density at radius 1 is 1.05 bits per heavy atom. The van der Waals surface area contributed by atoms with Gasteiger partial charge in [0, 0.05) is 43.2 Å². The molecule has 1 aliphatic carbocycles. The van der Waals surface area contributed by atoms with Gasteiger partial charge in [-0.05, 0) is 76.1 Å². The van der Waals surface area contributed by atoms with Gasteiger partial charge in [0.05, 0.1) is 23.2 Å². The number of rotatable bonds is 15. The number of thioether (sulfide) groups is 1. The van der Waals surface area contributed by atoms with Crippen molar-refractivity contribution in [1.82, 2.24) is 9.80 Å². The average molecular weight is 624 g/mol. The van der Waals surface area contributed by atoms with Gasteiger partial charge in [-0.3, -0.25) is 14.4 Å². The first-order valence-corrected chi connectivity index (χ1v) is 17.5. The van der Waals surface area contributed by atoms with Crippen LogP contribution in [0.2, 0.25) is 0 Å². The zero-order valence-electron chi connectivity index (χ0n) is 26.2. The van der Waals surface area contributed by atoms with Crippen LogP contribution in [0.4, 0.5) is 5.69 Å². The van der Waals surface area contributed by atoms with E-state index < -0.39 is 22.6 Å². The van der Waals surface area contributed by atoms with Gasteiger partial charge in [0.15, 0.2) is 0 Å². The summed E-state index contributed by atoms with van der Waals surface area (Å²) >= 11 is 1.73. The average Bonchev–Trinajstić information content (AvgIpc) is 3.68. The van der Waals surface area contributed by atoms with E-state index in [1.807, 2.05) is 41.0 Å². The van der Waals surface area contributed by atoms with Crippen LogP contribution in [0.25, 0.3) is 0 Å². The van der Waals surface area contributed by atoms with E-state index >= 15 is 0 Å². The summed E-state index contributed by atoms with van der Waals surface area (Å²) in [5.41, 5.74) is 0.744. The fourth-order valence-electron chi connectivity index (χ4n) is 8.15. The highest BCUT2D eigenvalue weighted by molar-refractivity contribution is 8.02. The quantitative estimate of drug-likeness (QED) is 0.213. The van der Waals surface area contributed by atoms with Gasteiger partial charge in [-0.15, -0.1) is 24.9 Å². The van der Waals surface area contributed by atoms with Crippen LogP contribution in [-0.4, -0.2) is 87.6 Å². The Kier molecular flexibility index (Phi) is 10.8. The summed E-state index contributed by atoms with van der Waals surface area (Å²) in [4.78, 5) is 49.3. The van der Waals surface area contributed by atoms with Crippen molar-refractivity contribution >= 4 is 35.2 Å². The fraction of sp³-hybridized carbons (Fsp3) is 0.629. The van der Waals surface area contributed by atoms with Gasteiger partial charge >= 0.3 is 0 Å². The van der Waals surface area contributed by atoms with Crippen molar-refractivity contribution in [2.45, 2.75) is 93.2 Å². The molecule has 1 aromatic carbocycles. The molecule has 1 spiro atoms. The number of amides is 3. The van der Waals surface area contributed by atoms with Gasteiger partial charge in [0.2, 0.25) is 17.7 Å². The van der Waals surface area contributed by atoms with E-state index in [2.05, 4.69) is 13.2 Å². The number of fused-ring (bicyclic) bond motifs is 1. The van der Waals surface area contributed by atoms with Gasteiger partial charge < -0.3 is 24.5 Å². The van der Waals surface area contributed by atoms with E-state index in [-0.39, 0.29) is 35.6 Å². The minimum atomic E-state index is -0.622. The topological polar surface area (TPSA) is 90.4 Å². The van der Waals surface area contributed by atoms with Crippen LogP contribution in [-0.2, 0) is 14.4 Å². The third-order valence-corrected chi connectivity index (χ3v) is 12.0. The first kappa shape index (κ1) is 32.6. The van der Waals surface area contributed by atoms with E-state index in [1.165, 1.54) is 6.42 Å². The van der Waals surface area contributed by atoms with Crippen molar-refractivity contribution in [2.75, 3.05) is 37.7 Å². The van der Waals surface area contributed by atoms with Crippen molar-refractivity contribution in [3.05, 3.63) is 49.6 Å². The summed E-state index contributed by atoms with van der Waals surface area (Å²) in [5, 5.41) is 9.35. The molecule has 240 valence electrons. The highest BCUT2D eigenvalue weighted by Crippen LogP contribution is 2.67. The molecule has 1 N–H and O–H groups in total. The van der Waals surface area contributed by atoms with Crippen LogP contribution in [0, 0.1) is 11.8 Å². The molecule has 4 fully saturated rings. The Morgan fingerprint density at radius 3 is 2.43 bits per heavy atom. The number of benzene rings is 1. The molecule has 1 aromatic rings. The lowest BCUT2D eigenvalue weighted by Crippen LogP contribution is -2.57. The normalized spacial score (nSPS) is 27.7. The third-order valence-electron chi connectivity index (χ3n) is 10.0. The smallest absolute Gasteiger partial charge is 0.247 e. The molecule has 8 nitrogen and oxygen atoms in total. The summed E-state index contributed by atoms with van der Waals surface area (Å²) < 4.78 is 4.99. The third kappa shape index (κ3) is 6.06. The molecule has 2 unspecified atom stereocenters. The lowest BCUT2D eigenvalue weighted by Gasteiger charge is -2.41. The lowest BCUT2D eigenvalue weighted by molar-refractivity contribution is -0.144. The second-order valence-electron chi connectivity index (χ2n) is 12.6. The number of aliphatic hydroxyl groups excluding tert-OH is 1. The summed E-state index contributed by atoms with van der Waals surface area (Å²) in [5.74, 6) is -0.429. The molecule has 5 atom stereocenters. The van der Waals surface area contributed by atoms with Crippen molar-refractivity contribution in [1.29, 1.82) is 0 Å². The van der Waals surface area contributed by atoms with E-state index in [0.29, 0.717) is 39.1 Å². The molecule has 3 amide bonds. The Labute approximate surface area is 266 Å². The zero-order chi connectivity index (χ0) is 31.3. The number of hydrogen-bond donors (Lipinski definition) is 1. The first-order chi connectivity index (χ1) is 21.4. The Balaban J connectivity index is 1.48. The van der Waals surface area contributed by atoms with Crippen molar-refractivity contribution in [2.24, 2.45) is 11.8 Å². The molecule has 3 saturated heterocycles. The van der Waals surface area contributed by atoms with Crippen molar-refractivity contribution < 1.29 is 24.2 Å². The molecule has 9 heteroatoms. The van der Waals surface area contributed by atoms with Crippen LogP contribution in [0.5, 0.6) is 5.75 Å². The lowest BCUT2D eigenvalue weighted by atomic mass is 9.70. The number of aliphatic hydroxyl groups is 1. The van der Waals surface area contributed by atoms with Crippen LogP contribution in [0.1, 0.15) is 71.1 Å². The second kappa shape index (κ2) is 14.5. The molecule has 3 heterocycles. The summed E-state index contributed by atoms with van der Waals surface area (Å²) in [6, 6.07) is 7.05. The number of carbonyl (C=O) groups is 3. The van der Waals surface area contributed by atoms with Gasteiger partial charge in [-0.25, -0.2) is 0 Å². The first-order valence-electron chi connectivity index (χ1n) is 16.6. The molecule has 0 radical (unpaired) electrons. The maximum atomic E-state index is 14.7. The minimum absolute atomic E-state index is 0.0131. The molecular weight excluding hydrogens is 574 g/mol. The molecule has 0 aromatic heterocycles. The molecule has 2 bridgehead atoms. The van der Waals surface area contributed by atoms with Crippen LogP contribution in [0.15, 0.2) is 49.6 Å². The van der Waals surface area contributed by atoms with Crippen LogP contribution in [0.3, 0.4) is 0 Å². The molecule has 5 rings (SSSR count). The molecular formula is C35H49N3O5S. The highest BCUT2D eigenvalue weighted by atomic mass is 32.2. The Bertz CT molecular complexity index is 1200. The van der Waals surface area contributed by atoms with Gasteiger partial charge in [0.1, 0.15) is 11.8 Å². The summed E-state index contributed by atoms with van der Waals surface area (Å²) in [6.07, 6.45) is 12.6. The SMILES string of the molecule is C=CCN(C(=O)[C@@H]1[C@H]2C(=O)N(CCCCCO)C(C(=O)N(CC=C)C3CCCCC3)C23CC[C@H]1S3)c1ccc(OCC)cc1. The predicted octanol–water partition coefficient (Wildman–Crippen LogP) is 5.21. The molecule has 3 aliphatic heterocycles. The van der Waals surface area contributed by atoms with Crippen molar-refractivity contribution in [3.63, 3.8) is 0 Å². The molecule has 4 aliphatic rings. The zero-order valence-corrected chi connectivity index (χ0v) is 27.0. The monoisotopic (exact) mass is 623 g/mol. The fourth-order valence-corrected chi connectivity index (χ4v) is 10.4. The van der Waals surface area contributed by atoms with Crippen molar-refractivity contribution in [3.8, 4) is 5.75 Å². The van der Waals surface area contributed by atoms with Gasteiger partial charge in [-0.1, -0.05) is 31.4 Å². The summed E-state index contributed by atoms with van der Waals surface area (Å²) in [7, 11) is 0. The van der Waals surface area contributed by atoms with Crippen LogP contribution >= 0.6 is 11.8 Å². The molecule has 1 saturated carbocycles. The van der Waals surface area contributed by atoms with Gasteiger partial charge in [0.25, 0.3) is 0 Å². The number of likely N-dealkylation sites (tertiary alicyclic amines) is 1. The Morgan fingerprint density at radius 2 is 1.77 bits per heavy atom. The largest absolute Gasteiger partial charge is 0.494 e. The van der Waals surface area contributed by atoms with E-state index in [1.54, 1.807) is 28.8 Å². The maximum Gasteiger partial charge on any atom is 0.247 e. The summed E-state index contributed by atoms with van der Waals surface area (Å²) in [6.45, 7) is 11.7. The van der Waals surface area contributed by atoms with E-state index in [0.717, 1.165) is 56.4 Å². The molecule has 44 heavy (non-hydrogen) atoms. The van der Waals surface area contributed by atoms with E-state index in [4.69, 9.17) is 4.74 Å². The van der Waals surface area contributed by atoms with Crippen LogP contribution < -0.4 is 9.64 Å². The van der Waals surface area contributed by atoms with Gasteiger partial charge in [-0.2, -0.15) is 0 Å². The number of ether oxygens (including phenoxy) is 1. The number of anilines is 1. The van der Waals surface area contributed by atoms with E-state index in [9.17, 15) is 19.5 Å².